The third kappa shape index (κ3) is 1.21. The van der Waals surface area contributed by atoms with E-state index in [0.717, 1.165) is 17.8 Å². The van der Waals surface area contributed by atoms with Gasteiger partial charge in [-0.25, -0.2) is 0 Å². The molecule has 0 aliphatic heterocycles. The lowest BCUT2D eigenvalue weighted by atomic mass is 10.1. The summed E-state index contributed by atoms with van der Waals surface area (Å²) in [5.74, 6) is 0. The van der Waals surface area contributed by atoms with E-state index in [1.54, 1.807) is 0 Å². The van der Waals surface area contributed by atoms with E-state index < -0.39 is 0 Å². The highest BCUT2D eigenvalue weighted by atomic mass is 15.3. The fraction of sp³-hybridized carbons (Fsp3) is 0.364. The highest BCUT2D eigenvalue weighted by Gasteiger charge is 2.09. The lowest BCUT2D eigenvalue weighted by Crippen LogP contribution is -2.07. The van der Waals surface area contributed by atoms with Gasteiger partial charge in [-0.05, 0) is 19.4 Å². The highest BCUT2D eigenvalue weighted by Crippen LogP contribution is 2.20. The van der Waals surface area contributed by atoms with Gasteiger partial charge in [0.15, 0.2) is 0 Å². The first-order chi connectivity index (χ1) is 6.77. The van der Waals surface area contributed by atoms with Crippen LogP contribution in [0.1, 0.15) is 18.2 Å². The summed E-state index contributed by atoms with van der Waals surface area (Å²) < 4.78 is 1.98. The molecule has 3 nitrogen and oxygen atoms in total. The van der Waals surface area contributed by atoms with E-state index in [9.17, 15) is 0 Å². The van der Waals surface area contributed by atoms with Gasteiger partial charge in [0.1, 0.15) is 0 Å². The maximum atomic E-state index is 5.73. The lowest BCUT2D eigenvalue weighted by molar-refractivity contribution is 0.630. The van der Waals surface area contributed by atoms with Gasteiger partial charge in [0, 0.05) is 18.5 Å². The molecule has 0 spiro atoms. The fourth-order valence-corrected chi connectivity index (χ4v) is 1.82. The molecule has 1 aromatic heterocycles. The Morgan fingerprint density at radius 3 is 2.86 bits per heavy atom. The van der Waals surface area contributed by atoms with E-state index in [4.69, 9.17) is 5.73 Å². The van der Waals surface area contributed by atoms with Crippen LogP contribution in [-0.2, 0) is 13.1 Å². The SMILES string of the molecule is CCn1nc2c(C)cccc2c1CN. The number of rotatable bonds is 2. The molecule has 0 aliphatic carbocycles. The van der Waals surface area contributed by atoms with Gasteiger partial charge in [-0.1, -0.05) is 18.2 Å². The Morgan fingerprint density at radius 2 is 2.21 bits per heavy atom. The fourth-order valence-electron chi connectivity index (χ4n) is 1.82. The summed E-state index contributed by atoms with van der Waals surface area (Å²) in [4.78, 5) is 0. The molecule has 74 valence electrons. The van der Waals surface area contributed by atoms with Crippen molar-refractivity contribution in [1.82, 2.24) is 9.78 Å². The monoisotopic (exact) mass is 189 g/mol. The standard InChI is InChI=1S/C11H15N3/c1-3-14-10(7-12)9-6-4-5-8(2)11(9)13-14/h4-6H,3,7,12H2,1-2H3. The van der Waals surface area contributed by atoms with E-state index in [2.05, 4.69) is 37.1 Å². The number of aryl methyl sites for hydroxylation is 2. The molecule has 3 heteroatoms. The summed E-state index contributed by atoms with van der Waals surface area (Å²) in [5, 5.41) is 5.73. The van der Waals surface area contributed by atoms with Crippen LogP contribution < -0.4 is 5.73 Å². The number of fused-ring (bicyclic) bond motifs is 1. The lowest BCUT2D eigenvalue weighted by Gasteiger charge is -2.00. The predicted molar refractivity (Wildman–Crippen MR) is 58.0 cm³/mol. The van der Waals surface area contributed by atoms with E-state index in [1.165, 1.54) is 10.9 Å². The Bertz CT molecular complexity index is 457. The Kier molecular flexibility index (Phi) is 2.25. The smallest absolute Gasteiger partial charge is 0.0955 e. The number of hydrogen-bond acceptors (Lipinski definition) is 2. The van der Waals surface area contributed by atoms with Crippen LogP contribution in [0.3, 0.4) is 0 Å². The van der Waals surface area contributed by atoms with Gasteiger partial charge >= 0.3 is 0 Å². The number of aromatic nitrogens is 2. The molecule has 0 unspecified atom stereocenters. The first-order valence-corrected chi connectivity index (χ1v) is 4.93. The topological polar surface area (TPSA) is 43.8 Å². The average molecular weight is 189 g/mol. The van der Waals surface area contributed by atoms with Crippen molar-refractivity contribution >= 4 is 10.9 Å². The largest absolute Gasteiger partial charge is 0.325 e. The number of hydrogen-bond donors (Lipinski definition) is 1. The molecular formula is C11H15N3. The van der Waals surface area contributed by atoms with Crippen molar-refractivity contribution < 1.29 is 0 Å². The first kappa shape index (κ1) is 9.21. The summed E-state index contributed by atoms with van der Waals surface area (Å²) in [5.41, 5.74) is 9.15. The zero-order chi connectivity index (χ0) is 10.1. The van der Waals surface area contributed by atoms with Gasteiger partial charge < -0.3 is 5.73 Å². The molecule has 14 heavy (non-hydrogen) atoms. The summed E-state index contributed by atoms with van der Waals surface area (Å²) in [6, 6.07) is 6.22. The van der Waals surface area contributed by atoms with E-state index in [0.29, 0.717) is 6.54 Å². The second-order valence-electron chi connectivity index (χ2n) is 3.44. The van der Waals surface area contributed by atoms with Crippen molar-refractivity contribution in [3.63, 3.8) is 0 Å². The Balaban J connectivity index is 2.79. The Morgan fingerprint density at radius 1 is 1.43 bits per heavy atom. The quantitative estimate of drug-likeness (QED) is 0.783. The number of nitrogens with zero attached hydrogens (tertiary/aromatic N) is 2. The molecule has 0 radical (unpaired) electrons. The summed E-state index contributed by atoms with van der Waals surface area (Å²) in [7, 11) is 0. The molecular weight excluding hydrogens is 174 g/mol. The minimum absolute atomic E-state index is 0.549. The summed E-state index contributed by atoms with van der Waals surface area (Å²) in [6.45, 7) is 5.59. The van der Waals surface area contributed by atoms with Crippen LogP contribution in [0.15, 0.2) is 18.2 Å². The van der Waals surface area contributed by atoms with Crippen LogP contribution in [0, 0.1) is 6.92 Å². The average Bonchev–Trinajstić information content (AvgIpc) is 2.57. The molecule has 1 heterocycles. The maximum absolute atomic E-state index is 5.73. The minimum Gasteiger partial charge on any atom is -0.325 e. The van der Waals surface area contributed by atoms with Gasteiger partial charge in [0.2, 0.25) is 0 Å². The van der Waals surface area contributed by atoms with Crippen molar-refractivity contribution in [2.75, 3.05) is 0 Å². The van der Waals surface area contributed by atoms with Gasteiger partial charge in [-0.15, -0.1) is 0 Å². The molecule has 0 saturated heterocycles. The minimum atomic E-state index is 0.549. The number of nitrogens with two attached hydrogens (primary N) is 1. The molecule has 0 aliphatic rings. The Labute approximate surface area is 83.5 Å². The van der Waals surface area contributed by atoms with Crippen molar-refractivity contribution in [2.24, 2.45) is 5.73 Å². The third-order valence-corrected chi connectivity index (χ3v) is 2.57. The van der Waals surface area contributed by atoms with Gasteiger partial charge in [0.05, 0.1) is 11.2 Å². The maximum Gasteiger partial charge on any atom is 0.0955 e. The van der Waals surface area contributed by atoms with Crippen molar-refractivity contribution in [1.29, 1.82) is 0 Å². The zero-order valence-electron chi connectivity index (χ0n) is 8.62. The second kappa shape index (κ2) is 3.42. The molecule has 0 fully saturated rings. The number of benzene rings is 1. The molecule has 0 saturated carbocycles. The van der Waals surface area contributed by atoms with Crippen molar-refractivity contribution in [3.05, 3.63) is 29.5 Å². The second-order valence-corrected chi connectivity index (χ2v) is 3.44. The first-order valence-electron chi connectivity index (χ1n) is 4.93. The van der Waals surface area contributed by atoms with Crippen LogP contribution in [-0.4, -0.2) is 9.78 Å². The molecule has 0 bridgehead atoms. The molecule has 1 aromatic carbocycles. The van der Waals surface area contributed by atoms with E-state index in [-0.39, 0.29) is 0 Å². The third-order valence-electron chi connectivity index (χ3n) is 2.57. The normalized spacial score (nSPS) is 11.1. The van der Waals surface area contributed by atoms with Crippen LogP contribution in [0.5, 0.6) is 0 Å². The van der Waals surface area contributed by atoms with Crippen LogP contribution in [0.25, 0.3) is 10.9 Å². The molecule has 0 atom stereocenters. The predicted octanol–water partition coefficient (Wildman–Crippen LogP) is 1.82. The van der Waals surface area contributed by atoms with Gasteiger partial charge in [-0.2, -0.15) is 5.10 Å². The van der Waals surface area contributed by atoms with Crippen molar-refractivity contribution in [2.45, 2.75) is 26.9 Å². The van der Waals surface area contributed by atoms with Crippen LogP contribution in [0.4, 0.5) is 0 Å². The molecule has 2 aromatic rings. The summed E-state index contributed by atoms with van der Waals surface area (Å²) >= 11 is 0. The van der Waals surface area contributed by atoms with E-state index >= 15 is 0 Å². The zero-order valence-corrected chi connectivity index (χ0v) is 8.62. The van der Waals surface area contributed by atoms with Gasteiger partial charge in [-0.3, -0.25) is 4.68 Å². The molecule has 2 N–H and O–H groups in total. The van der Waals surface area contributed by atoms with Gasteiger partial charge in [0.25, 0.3) is 0 Å². The van der Waals surface area contributed by atoms with E-state index in [1.807, 2.05) is 4.68 Å². The highest BCUT2D eigenvalue weighted by molar-refractivity contribution is 5.84. The van der Waals surface area contributed by atoms with Crippen LogP contribution in [0.2, 0.25) is 0 Å². The molecule has 0 amide bonds. The molecule has 2 rings (SSSR count). The summed E-state index contributed by atoms with van der Waals surface area (Å²) in [6.07, 6.45) is 0. The van der Waals surface area contributed by atoms with Crippen molar-refractivity contribution in [3.8, 4) is 0 Å². The van der Waals surface area contributed by atoms with Crippen LogP contribution >= 0.6 is 0 Å². The Hall–Kier alpha value is -1.35.